The fourth-order valence-corrected chi connectivity index (χ4v) is 1.66. The van der Waals surface area contributed by atoms with Crippen molar-refractivity contribution in [3.63, 3.8) is 0 Å². The van der Waals surface area contributed by atoms with Gasteiger partial charge in [0.2, 0.25) is 0 Å². The lowest BCUT2D eigenvalue weighted by molar-refractivity contribution is 0.602. The van der Waals surface area contributed by atoms with E-state index in [1.54, 1.807) is 12.1 Å². The highest BCUT2D eigenvalue weighted by molar-refractivity contribution is 7.99. The fourth-order valence-electron chi connectivity index (χ4n) is 0.855. The van der Waals surface area contributed by atoms with Gasteiger partial charge in [-0.25, -0.2) is 4.39 Å². The lowest BCUT2D eigenvalue weighted by Crippen LogP contribution is -2.17. The first-order valence-corrected chi connectivity index (χ1v) is 5.01. The summed E-state index contributed by atoms with van der Waals surface area (Å²) in [6.45, 7) is 1.89. The summed E-state index contributed by atoms with van der Waals surface area (Å²) < 4.78 is 13.2. The number of rotatable bonds is 3. The molecule has 0 radical (unpaired) electrons. The Bertz CT molecular complexity index is 289. The molecule has 0 aliphatic rings. The SMILES string of the molecule is CC(N)CSc1ccc(N)cc1F. The number of hydrogen-bond acceptors (Lipinski definition) is 3. The Morgan fingerprint density at radius 1 is 1.54 bits per heavy atom. The average Bonchev–Trinajstić information content (AvgIpc) is 2.02. The summed E-state index contributed by atoms with van der Waals surface area (Å²) in [6.07, 6.45) is 0. The molecule has 0 amide bonds. The lowest BCUT2D eigenvalue weighted by Gasteiger charge is -2.05. The molecule has 4 heteroatoms. The van der Waals surface area contributed by atoms with E-state index in [1.807, 2.05) is 6.92 Å². The third kappa shape index (κ3) is 3.24. The summed E-state index contributed by atoms with van der Waals surface area (Å²) in [4.78, 5) is 0.603. The summed E-state index contributed by atoms with van der Waals surface area (Å²) in [7, 11) is 0. The molecule has 1 aromatic carbocycles. The normalized spacial score (nSPS) is 12.8. The number of nitrogen functional groups attached to an aromatic ring is 1. The molecular weight excluding hydrogens is 187 g/mol. The van der Waals surface area contributed by atoms with Crippen molar-refractivity contribution >= 4 is 17.4 Å². The van der Waals surface area contributed by atoms with Crippen LogP contribution in [0.2, 0.25) is 0 Å². The zero-order valence-corrected chi connectivity index (χ0v) is 8.27. The maximum atomic E-state index is 13.2. The Hall–Kier alpha value is -0.740. The fraction of sp³-hybridized carbons (Fsp3) is 0.333. The molecule has 2 nitrogen and oxygen atoms in total. The molecule has 72 valence electrons. The molecule has 0 saturated heterocycles. The van der Waals surface area contributed by atoms with E-state index in [4.69, 9.17) is 11.5 Å². The van der Waals surface area contributed by atoms with Crippen molar-refractivity contribution in [2.24, 2.45) is 5.73 Å². The minimum absolute atomic E-state index is 0.0713. The van der Waals surface area contributed by atoms with Crippen molar-refractivity contribution in [2.75, 3.05) is 11.5 Å². The molecule has 1 atom stereocenters. The van der Waals surface area contributed by atoms with Crippen LogP contribution in [0.4, 0.5) is 10.1 Å². The zero-order valence-electron chi connectivity index (χ0n) is 7.46. The van der Waals surface area contributed by atoms with Gasteiger partial charge >= 0.3 is 0 Å². The quantitative estimate of drug-likeness (QED) is 0.578. The Kier molecular flexibility index (Phi) is 3.57. The third-order valence-electron chi connectivity index (χ3n) is 1.46. The van der Waals surface area contributed by atoms with Gasteiger partial charge in [-0.3, -0.25) is 0 Å². The van der Waals surface area contributed by atoms with Gasteiger partial charge in [-0.05, 0) is 25.1 Å². The second-order valence-electron chi connectivity index (χ2n) is 2.98. The summed E-state index contributed by atoms with van der Waals surface area (Å²) in [6, 6.07) is 4.76. The molecule has 0 aliphatic carbocycles. The Balaban J connectivity index is 2.67. The van der Waals surface area contributed by atoms with E-state index in [2.05, 4.69) is 0 Å². The van der Waals surface area contributed by atoms with E-state index in [1.165, 1.54) is 17.8 Å². The van der Waals surface area contributed by atoms with Gasteiger partial charge in [0.1, 0.15) is 5.82 Å². The maximum Gasteiger partial charge on any atom is 0.138 e. The largest absolute Gasteiger partial charge is 0.399 e. The van der Waals surface area contributed by atoms with Crippen molar-refractivity contribution in [1.29, 1.82) is 0 Å². The molecule has 13 heavy (non-hydrogen) atoms. The van der Waals surface area contributed by atoms with Gasteiger partial charge in [0.15, 0.2) is 0 Å². The summed E-state index contributed by atoms with van der Waals surface area (Å²) in [5, 5.41) is 0. The highest BCUT2D eigenvalue weighted by atomic mass is 32.2. The molecule has 1 aromatic rings. The molecule has 4 N–H and O–H groups in total. The number of hydrogen-bond donors (Lipinski definition) is 2. The van der Waals surface area contributed by atoms with Crippen LogP contribution in [0.25, 0.3) is 0 Å². The van der Waals surface area contributed by atoms with Gasteiger partial charge in [-0.2, -0.15) is 0 Å². The number of thioether (sulfide) groups is 1. The average molecular weight is 200 g/mol. The van der Waals surface area contributed by atoms with Gasteiger partial charge < -0.3 is 11.5 Å². The first-order chi connectivity index (χ1) is 6.09. The molecule has 0 bridgehead atoms. The predicted octanol–water partition coefficient (Wildman–Crippen LogP) is 1.85. The second kappa shape index (κ2) is 4.48. The van der Waals surface area contributed by atoms with Gasteiger partial charge in [0.05, 0.1) is 0 Å². The van der Waals surface area contributed by atoms with Crippen LogP contribution >= 0.6 is 11.8 Å². The molecule has 1 unspecified atom stereocenters. The molecule has 0 fully saturated rings. The first-order valence-electron chi connectivity index (χ1n) is 4.03. The monoisotopic (exact) mass is 200 g/mol. The zero-order chi connectivity index (χ0) is 9.84. The lowest BCUT2D eigenvalue weighted by atomic mass is 10.3. The van der Waals surface area contributed by atoms with Crippen LogP contribution < -0.4 is 11.5 Å². The minimum atomic E-state index is -0.273. The number of nitrogens with two attached hydrogens (primary N) is 2. The van der Waals surface area contributed by atoms with Gasteiger partial charge in [0, 0.05) is 22.4 Å². The first kappa shape index (κ1) is 10.3. The van der Waals surface area contributed by atoms with Crippen LogP contribution in [0, 0.1) is 5.82 Å². The van der Waals surface area contributed by atoms with Crippen molar-refractivity contribution < 1.29 is 4.39 Å². The van der Waals surface area contributed by atoms with Crippen LogP contribution in [0.1, 0.15) is 6.92 Å². The molecular formula is C9H13FN2S. The highest BCUT2D eigenvalue weighted by Gasteiger charge is 2.03. The Morgan fingerprint density at radius 2 is 2.23 bits per heavy atom. The predicted molar refractivity (Wildman–Crippen MR) is 55.2 cm³/mol. The molecule has 0 aliphatic heterocycles. The maximum absolute atomic E-state index is 13.2. The van der Waals surface area contributed by atoms with Crippen LogP contribution in [-0.4, -0.2) is 11.8 Å². The standard InChI is InChI=1S/C9H13FN2S/c1-6(11)5-13-9-3-2-7(12)4-8(9)10/h2-4,6H,5,11-12H2,1H3. The second-order valence-corrected chi connectivity index (χ2v) is 4.04. The Morgan fingerprint density at radius 3 is 2.77 bits per heavy atom. The van der Waals surface area contributed by atoms with E-state index < -0.39 is 0 Å². The van der Waals surface area contributed by atoms with Gasteiger partial charge in [-0.1, -0.05) is 0 Å². The van der Waals surface area contributed by atoms with Crippen molar-refractivity contribution in [1.82, 2.24) is 0 Å². The third-order valence-corrected chi connectivity index (χ3v) is 2.79. The van der Waals surface area contributed by atoms with E-state index in [0.717, 1.165) is 0 Å². The number of halogens is 1. The van der Waals surface area contributed by atoms with E-state index in [0.29, 0.717) is 16.3 Å². The van der Waals surface area contributed by atoms with Gasteiger partial charge in [0.25, 0.3) is 0 Å². The van der Waals surface area contributed by atoms with Crippen LogP contribution in [0.5, 0.6) is 0 Å². The summed E-state index contributed by atoms with van der Waals surface area (Å²) in [5.41, 5.74) is 11.4. The topological polar surface area (TPSA) is 52.0 Å². The molecule has 0 aromatic heterocycles. The molecule has 0 heterocycles. The van der Waals surface area contributed by atoms with Crippen LogP contribution in [0.3, 0.4) is 0 Å². The van der Waals surface area contributed by atoms with Gasteiger partial charge in [-0.15, -0.1) is 11.8 Å². The van der Waals surface area contributed by atoms with Crippen LogP contribution in [-0.2, 0) is 0 Å². The minimum Gasteiger partial charge on any atom is -0.399 e. The van der Waals surface area contributed by atoms with Crippen LogP contribution in [0.15, 0.2) is 23.1 Å². The molecule has 0 saturated carbocycles. The molecule has 1 rings (SSSR count). The summed E-state index contributed by atoms with van der Waals surface area (Å²) in [5.74, 6) is 0.437. The van der Waals surface area contributed by atoms with Crippen molar-refractivity contribution in [3.05, 3.63) is 24.0 Å². The number of anilines is 1. The Labute approximate surface area is 81.5 Å². The van der Waals surface area contributed by atoms with Crippen molar-refractivity contribution in [3.8, 4) is 0 Å². The van der Waals surface area contributed by atoms with Crippen molar-refractivity contribution in [2.45, 2.75) is 17.9 Å². The molecule has 0 spiro atoms. The highest BCUT2D eigenvalue weighted by Crippen LogP contribution is 2.23. The summed E-state index contributed by atoms with van der Waals surface area (Å²) >= 11 is 1.41. The number of benzene rings is 1. The van der Waals surface area contributed by atoms with E-state index in [-0.39, 0.29) is 11.9 Å². The van der Waals surface area contributed by atoms with E-state index >= 15 is 0 Å². The smallest absolute Gasteiger partial charge is 0.138 e. The van der Waals surface area contributed by atoms with E-state index in [9.17, 15) is 4.39 Å².